The van der Waals surface area contributed by atoms with Gasteiger partial charge in [0.2, 0.25) is 11.8 Å². The zero-order chi connectivity index (χ0) is 22.8. The number of primary amides is 1. The summed E-state index contributed by atoms with van der Waals surface area (Å²) in [6.07, 6.45) is 1.17. The fraction of sp³-hybridized carbons (Fsp3) is 0.273. The van der Waals surface area contributed by atoms with Crippen molar-refractivity contribution in [2.75, 3.05) is 6.54 Å². The quantitative estimate of drug-likeness (QED) is 0.591. The number of nitrogens with zero attached hydrogens (tertiary/aromatic N) is 3. The monoisotopic (exact) mass is 457 g/mol. The Balaban J connectivity index is 1.47. The molecule has 0 saturated carbocycles. The van der Waals surface area contributed by atoms with Crippen molar-refractivity contribution in [3.8, 4) is 0 Å². The lowest BCUT2D eigenvalue weighted by molar-refractivity contribution is -0.139. The molecule has 1 aliphatic rings. The third-order valence-corrected chi connectivity index (χ3v) is 5.83. The van der Waals surface area contributed by atoms with Crippen LogP contribution >= 0.6 is 11.6 Å². The molecule has 8 nitrogen and oxygen atoms in total. The molecule has 1 atom stereocenters. The maximum absolute atomic E-state index is 14.1. The number of carbonyl (C=O) groups excluding carboxylic acids is 3. The highest BCUT2D eigenvalue weighted by Crippen LogP contribution is 2.22. The minimum Gasteiger partial charge on any atom is -0.364 e. The third-order valence-electron chi connectivity index (χ3n) is 5.54. The SMILES string of the molecule is NC(=O)c1nn(CC(=O)N2CCC[C@H]2C(=O)NCc2cccc(Cl)c2F)c2ccccc12. The molecule has 3 aromatic rings. The van der Waals surface area contributed by atoms with E-state index in [9.17, 15) is 18.8 Å². The zero-order valence-electron chi connectivity index (χ0n) is 17.1. The van der Waals surface area contributed by atoms with Crippen LogP contribution in [0.25, 0.3) is 10.9 Å². The average molecular weight is 458 g/mol. The van der Waals surface area contributed by atoms with E-state index in [1.807, 2.05) is 0 Å². The summed E-state index contributed by atoms with van der Waals surface area (Å²) in [5.74, 6) is -1.93. The molecule has 1 aliphatic heterocycles. The van der Waals surface area contributed by atoms with Crippen molar-refractivity contribution in [1.82, 2.24) is 20.0 Å². The topological polar surface area (TPSA) is 110 Å². The van der Waals surface area contributed by atoms with Crippen molar-refractivity contribution in [2.24, 2.45) is 5.73 Å². The number of benzene rings is 2. The van der Waals surface area contributed by atoms with Crippen LogP contribution in [0.3, 0.4) is 0 Å². The summed E-state index contributed by atoms with van der Waals surface area (Å²) in [7, 11) is 0. The Bertz CT molecular complexity index is 1210. The number of carbonyl (C=O) groups is 3. The predicted molar refractivity (Wildman–Crippen MR) is 116 cm³/mol. The van der Waals surface area contributed by atoms with E-state index in [0.29, 0.717) is 30.3 Å². The second kappa shape index (κ2) is 8.96. The first-order valence-electron chi connectivity index (χ1n) is 10.1. The lowest BCUT2D eigenvalue weighted by Gasteiger charge is -2.24. The molecule has 0 bridgehead atoms. The van der Waals surface area contributed by atoms with Gasteiger partial charge in [0.1, 0.15) is 18.4 Å². The second-order valence-electron chi connectivity index (χ2n) is 7.56. The van der Waals surface area contributed by atoms with E-state index in [2.05, 4.69) is 10.4 Å². The number of halogens is 2. The van der Waals surface area contributed by atoms with Crippen molar-refractivity contribution in [3.05, 3.63) is 64.6 Å². The van der Waals surface area contributed by atoms with Gasteiger partial charge < -0.3 is 16.0 Å². The van der Waals surface area contributed by atoms with Gasteiger partial charge in [-0.3, -0.25) is 19.1 Å². The van der Waals surface area contributed by atoms with Gasteiger partial charge in [0.25, 0.3) is 5.91 Å². The van der Waals surface area contributed by atoms with Crippen LogP contribution in [0.1, 0.15) is 28.9 Å². The van der Waals surface area contributed by atoms with Crippen molar-refractivity contribution in [2.45, 2.75) is 32.0 Å². The molecule has 1 saturated heterocycles. The number of fused-ring (bicyclic) bond motifs is 1. The lowest BCUT2D eigenvalue weighted by Crippen LogP contribution is -2.46. The smallest absolute Gasteiger partial charge is 0.269 e. The van der Waals surface area contributed by atoms with Gasteiger partial charge in [0.05, 0.1) is 10.5 Å². The summed E-state index contributed by atoms with van der Waals surface area (Å²) in [6.45, 7) is 0.250. The van der Waals surface area contributed by atoms with E-state index in [0.717, 1.165) is 0 Å². The summed E-state index contributed by atoms with van der Waals surface area (Å²) >= 11 is 5.78. The van der Waals surface area contributed by atoms with Gasteiger partial charge in [0.15, 0.2) is 5.69 Å². The van der Waals surface area contributed by atoms with Crippen LogP contribution in [0.2, 0.25) is 5.02 Å². The number of likely N-dealkylation sites (tertiary alicyclic amines) is 1. The number of nitrogens with one attached hydrogen (secondary N) is 1. The largest absolute Gasteiger partial charge is 0.364 e. The maximum atomic E-state index is 14.1. The molecule has 3 amide bonds. The lowest BCUT2D eigenvalue weighted by atomic mass is 10.1. The number of rotatable bonds is 6. The van der Waals surface area contributed by atoms with E-state index in [4.69, 9.17) is 17.3 Å². The molecule has 1 fully saturated rings. The standard InChI is InChI=1S/C22H21ClFN5O3/c23-15-7-3-5-13(19(15)24)11-26-22(32)17-9-4-10-28(17)18(30)12-29-16-8-2-1-6-14(16)20(27-29)21(25)31/h1-3,5-8,17H,4,9-12H2,(H2,25,31)(H,26,32)/t17-/m0/s1. The van der Waals surface area contributed by atoms with E-state index in [1.54, 1.807) is 30.3 Å². The molecule has 166 valence electrons. The number of hydrogen-bond acceptors (Lipinski definition) is 4. The minimum absolute atomic E-state index is 0.0174. The molecule has 4 rings (SSSR count). The number of aromatic nitrogens is 2. The van der Waals surface area contributed by atoms with Crippen molar-refractivity contribution >= 4 is 40.2 Å². The van der Waals surface area contributed by atoms with E-state index < -0.39 is 17.8 Å². The number of para-hydroxylation sites is 1. The predicted octanol–water partition coefficient (Wildman–Crippen LogP) is 2.24. The summed E-state index contributed by atoms with van der Waals surface area (Å²) in [6, 6.07) is 10.9. The molecule has 1 aromatic heterocycles. The summed E-state index contributed by atoms with van der Waals surface area (Å²) in [5.41, 5.74) is 6.37. The minimum atomic E-state index is -0.681. The summed E-state index contributed by atoms with van der Waals surface area (Å²) in [4.78, 5) is 39.0. The summed E-state index contributed by atoms with van der Waals surface area (Å²) < 4.78 is 15.5. The Morgan fingerprint density at radius 3 is 2.75 bits per heavy atom. The van der Waals surface area contributed by atoms with Gasteiger partial charge in [-0.05, 0) is 25.0 Å². The van der Waals surface area contributed by atoms with Crippen molar-refractivity contribution < 1.29 is 18.8 Å². The highest BCUT2D eigenvalue weighted by atomic mass is 35.5. The molecule has 0 unspecified atom stereocenters. The van der Waals surface area contributed by atoms with Crippen LogP contribution in [0, 0.1) is 5.82 Å². The van der Waals surface area contributed by atoms with Crippen LogP contribution in [-0.4, -0.2) is 45.0 Å². The number of hydrogen-bond donors (Lipinski definition) is 2. The highest BCUT2D eigenvalue weighted by molar-refractivity contribution is 6.30. The highest BCUT2D eigenvalue weighted by Gasteiger charge is 2.34. The Hall–Kier alpha value is -3.46. The van der Waals surface area contributed by atoms with Crippen LogP contribution < -0.4 is 11.1 Å². The van der Waals surface area contributed by atoms with Crippen LogP contribution in [-0.2, 0) is 22.7 Å². The van der Waals surface area contributed by atoms with Gasteiger partial charge in [-0.15, -0.1) is 0 Å². The Morgan fingerprint density at radius 2 is 1.97 bits per heavy atom. The molecule has 2 aromatic carbocycles. The molecule has 0 radical (unpaired) electrons. The van der Waals surface area contributed by atoms with Crippen molar-refractivity contribution in [1.29, 1.82) is 0 Å². The number of amides is 3. The van der Waals surface area contributed by atoms with Gasteiger partial charge in [-0.2, -0.15) is 5.10 Å². The summed E-state index contributed by atoms with van der Waals surface area (Å²) in [5, 5.41) is 7.44. The van der Waals surface area contributed by atoms with Gasteiger partial charge in [-0.25, -0.2) is 4.39 Å². The molecule has 0 aliphatic carbocycles. The first-order chi connectivity index (χ1) is 15.4. The van der Waals surface area contributed by atoms with Crippen LogP contribution in [0.5, 0.6) is 0 Å². The average Bonchev–Trinajstić information content (AvgIpc) is 3.40. The molecule has 3 N–H and O–H groups in total. The Labute approximate surface area is 188 Å². The van der Waals surface area contributed by atoms with E-state index in [1.165, 1.54) is 21.7 Å². The van der Waals surface area contributed by atoms with Crippen LogP contribution in [0.15, 0.2) is 42.5 Å². The fourth-order valence-corrected chi connectivity index (χ4v) is 4.17. The third kappa shape index (κ3) is 4.16. The van der Waals surface area contributed by atoms with Gasteiger partial charge in [-0.1, -0.05) is 41.9 Å². The Kier molecular flexibility index (Phi) is 6.09. The molecule has 2 heterocycles. The molecule has 0 spiro atoms. The molecule has 10 heteroatoms. The van der Waals surface area contributed by atoms with Gasteiger partial charge >= 0.3 is 0 Å². The second-order valence-corrected chi connectivity index (χ2v) is 7.97. The van der Waals surface area contributed by atoms with E-state index in [-0.39, 0.29) is 41.2 Å². The van der Waals surface area contributed by atoms with Crippen molar-refractivity contribution in [3.63, 3.8) is 0 Å². The zero-order valence-corrected chi connectivity index (χ0v) is 17.8. The van der Waals surface area contributed by atoms with E-state index >= 15 is 0 Å². The fourth-order valence-electron chi connectivity index (χ4n) is 3.97. The molecular weight excluding hydrogens is 437 g/mol. The first kappa shape index (κ1) is 21.8. The maximum Gasteiger partial charge on any atom is 0.269 e. The molecular formula is C22H21ClFN5O3. The first-order valence-corrected chi connectivity index (χ1v) is 10.5. The van der Waals surface area contributed by atoms with Gasteiger partial charge in [0, 0.05) is 24.0 Å². The molecule has 32 heavy (non-hydrogen) atoms. The Morgan fingerprint density at radius 1 is 1.19 bits per heavy atom. The normalized spacial score (nSPS) is 15.8. The van der Waals surface area contributed by atoms with Crippen LogP contribution in [0.4, 0.5) is 4.39 Å². The number of nitrogens with two attached hydrogens (primary N) is 1.